The minimum Gasteiger partial charge on any atom is -0.462 e. The topological polar surface area (TPSA) is 59.5 Å². The van der Waals surface area contributed by atoms with E-state index < -0.39 is 5.97 Å². The van der Waals surface area contributed by atoms with Crippen LogP contribution in [0.15, 0.2) is 24.3 Å². The first-order valence-corrected chi connectivity index (χ1v) is 10.5. The number of amides is 1. The first kappa shape index (κ1) is 22.0. The van der Waals surface area contributed by atoms with Crippen LogP contribution in [-0.2, 0) is 16.0 Å². The van der Waals surface area contributed by atoms with Crippen LogP contribution in [0.4, 0.5) is 9.52 Å². The van der Waals surface area contributed by atoms with Crippen molar-refractivity contribution in [3.63, 3.8) is 0 Å². The fourth-order valence-corrected chi connectivity index (χ4v) is 3.77. The normalized spacial score (nSPS) is 10.7. The zero-order chi connectivity index (χ0) is 20.5. The lowest BCUT2D eigenvalue weighted by Gasteiger charge is -2.20. The van der Waals surface area contributed by atoms with Crippen molar-refractivity contribution in [1.82, 2.24) is 4.98 Å². The molecule has 1 amide bonds. The molecule has 0 saturated carbocycles. The van der Waals surface area contributed by atoms with Gasteiger partial charge < -0.3 is 4.74 Å². The van der Waals surface area contributed by atoms with Gasteiger partial charge in [0.15, 0.2) is 5.13 Å². The van der Waals surface area contributed by atoms with Crippen LogP contribution in [0.1, 0.15) is 60.5 Å². The van der Waals surface area contributed by atoms with Crippen LogP contribution >= 0.6 is 11.3 Å². The Kier molecular flexibility index (Phi) is 8.57. The van der Waals surface area contributed by atoms with E-state index in [2.05, 4.69) is 11.9 Å². The molecule has 0 unspecified atom stereocenters. The molecule has 0 N–H and O–H groups in total. The van der Waals surface area contributed by atoms with Gasteiger partial charge in [-0.15, -0.1) is 0 Å². The summed E-state index contributed by atoms with van der Waals surface area (Å²) in [6.07, 6.45) is 3.75. The van der Waals surface area contributed by atoms with E-state index in [1.165, 1.54) is 23.5 Å². The molecule has 2 rings (SSSR count). The molecular formula is C21H27FN2O3S. The van der Waals surface area contributed by atoms with Crippen molar-refractivity contribution in [3.8, 4) is 0 Å². The van der Waals surface area contributed by atoms with Crippen molar-refractivity contribution in [2.45, 2.75) is 52.9 Å². The lowest BCUT2D eigenvalue weighted by atomic mass is 10.1. The number of aromatic nitrogens is 1. The molecule has 0 atom stereocenters. The van der Waals surface area contributed by atoms with Gasteiger partial charge in [-0.2, -0.15) is 0 Å². The van der Waals surface area contributed by atoms with E-state index in [-0.39, 0.29) is 11.7 Å². The number of rotatable bonds is 10. The summed E-state index contributed by atoms with van der Waals surface area (Å²) in [5, 5.41) is 0.528. The largest absolute Gasteiger partial charge is 0.462 e. The fraction of sp³-hybridized carbons (Fsp3) is 0.476. The van der Waals surface area contributed by atoms with Crippen molar-refractivity contribution >= 4 is 28.3 Å². The Labute approximate surface area is 169 Å². The molecule has 0 fully saturated rings. The molecule has 0 spiro atoms. The van der Waals surface area contributed by atoms with Crippen molar-refractivity contribution < 1.29 is 18.7 Å². The molecule has 1 aromatic heterocycles. The number of thiazole rings is 1. The summed E-state index contributed by atoms with van der Waals surface area (Å²) in [4.78, 5) is 31.5. The molecule has 1 heterocycles. The number of aryl methyl sites for hydroxylation is 2. The highest BCUT2D eigenvalue weighted by Crippen LogP contribution is 2.28. The van der Waals surface area contributed by atoms with Crippen molar-refractivity contribution in [1.29, 1.82) is 0 Å². The Balaban J connectivity index is 2.14. The lowest BCUT2D eigenvalue weighted by Crippen LogP contribution is -2.32. The van der Waals surface area contributed by atoms with Gasteiger partial charge in [0, 0.05) is 13.0 Å². The summed E-state index contributed by atoms with van der Waals surface area (Å²) in [6.45, 7) is 6.46. The van der Waals surface area contributed by atoms with E-state index in [4.69, 9.17) is 4.74 Å². The first-order valence-electron chi connectivity index (χ1n) is 9.65. The van der Waals surface area contributed by atoms with Crippen LogP contribution in [0.25, 0.3) is 0 Å². The number of nitrogens with zero attached hydrogens (tertiary/aromatic N) is 2. The van der Waals surface area contributed by atoms with E-state index in [0.717, 1.165) is 24.8 Å². The molecule has 0 aliphatic carbocycles. The third-order valence-electron chi connectivity index (χ3n) is 4.30. The minimum absolute atomic E-state index is 0.0513. The lowest BCUT2D eigenvalue weighted by molar-refractivity contribution is -0.118. The highest BCUT2D eigenvalue weighted by Gasteiger charge is 2.23. The standard InChI is InChI=1S/C21H27FN2O3S/c1-4-6-7-14-24(18(25)13-10-16-8-11-17(22)12-9-16)21-23-15(3)19(28-21)20(26)27-5-2/h8-9,11-12H,4-7,10,13-14H2,1-3H3. The van der Waals surface area contributed by atoms with Crippen LogP contribution in [0, 0.1) is 12.7 Å². The van der Waals surface area contributed by atoms with E-state index >= 15 is 0 Å². The SMILES string of the molecule is CCCCCN(C(=O)CCc1ccc(F)cc1)c1nc(C)c(C(=O)OCC)s1. The number of unbranched alkanes of at least 4 members (excludes halogenated alkanes) is 2. The zero-order valence-corrected chi connectivity index (χ0v) is 17.5. The monoisotopic (exact) mass is 406 g/mol. The van der Waals surface area contributed by atoms with E-state index in [0.29, 0.717) is 41.7 Å². The minimum atomic E-state index is -0.406. The molecule has 1 aromatic carbocycles. The summed E-state index contributed by atoms with van der Waals surface area (Å²) in [6, 6.07) is 6.18. The first-order chi connectivity index (χ1) is 13.5. The number of benzene rings is 1. The highest BCUT2D eigenvalue weighted by molar-refractivity contribution is 7.17. The quantitative estimate of drug-likeness (QED) is 0.415. The number of hydrogen-bond acceptors (Lipinski definition) is 5. The van der Waals surface area contributed by atoms with Gasteiger partial charge >= 0.3 is 5.97 Å². The molecule has 152 valence electrons. The second kappa shape index (κ2) is 10.9. The van der Waals surface area contributed by atoms with Gasteiger partial charge in [-0.05, 0) is 44.4 Å². The van der Waals surface area contributed by atoms with Gasteiger partial charge in [-0.25, -0.2) is 14.2 Å². The highest BCUT2D eigenvalue weighted by atomic mass is 32.1. The van der Waals surface area contributed by atoms with Gasteiger partial charge in [-0.3, -0.25) is 9.69 Å². The molecule has 28 heavy (non-hydrogen) atoms. The second-order valence-electron chi connectivity index (χ2n) is 6.51. The third kappa shape index (κ3) is 6.12. The maximum Gasteiger partial charge on any atom is 0.350 e. The smallest absolute Gasteiger partial charge is 0.350 e. The van der Waals surface area contributed by atoms with Gasteiger partial charge in [0.05, 0.1) is 12.3 Å². The van der Waals surface area contributed by atoms with E-state index in [1.807, 2.05) is 0 Å². The summed E-state index contributed by atoms with van der Waals surface area (Å²) in [7, 11) is 0. The van der Waals surface area contributed by atoms with Crippen LogP contribution < -0.4 is 4.90 Å². The van der Waals surface area contributed by atoms with Crippen molar-refractivity contribution in [2.75, 3.05) is 18.1 Å². The number of halogens is 1. The molecule has 5 nitrogen and oxygen atoms in total. The molecule has 0 radical (unpaired) electrons. The summed E-state index contributed by atoms with van der Waals surface area (Å²) in [5.41, 5.74) is 1.48. The zero-order valence-electron chi connectivity index (χ0n) is 16.7. The number of carbonyl (C=O) groups is 2. The predicted octanol–water partition coefficient (Wildman–Crippen LogP) is 4.92. The van der Waals surface area contributed by atoms with Gasteiger partial charge in [0.1, 0.15) is 10.7 Å². The van der Waals surface area contributed by atoms with Crippen LogP contribution in [0.3, 0.4) is 0 Å². The number of ether oxygens (including phenoxy) is 1. The van der Waals surface area contributed by atoms with Crippen LogP contribution in [-0.4, -0.2) is 30.0 Å². The van der Waals surface area contributed by atoms with E-state index in [9.17, 15) is 14.0 Å². The molecule has 7 heteroatoms. The van der Waals surface area contributed by atoms with Gasteiger partial charge in [0.25, 0.3) is 0 Å². The predicted molar refractivity (Wildman–Crippen MR) is 109 cm³/mol. The molecule has 0 aliphatic heterocycles. The number of esters is 1. The number of anilines is 1. The summed E-state index contributed by atoms with van der Waals surface area (Å²) < 4.78 is 18.1. The van der Waals surface area contributed by atoms with Crippen LogP contribution in [0.2, 0.25) is 0 Å². The average molecular weight is 407 g/mol. The van der Waals surface area contributed by atoms with Crippen molar-refractivity contribution in [2.24, 2.45) is 0 Å². The Morgan fingerprint density at radius 3 is 2.54 bits per heavy atom. The summed E-state index contributed by atoms with van der Waals surface area (Å²) >= 11 is 1.20. The fourth-order valence-electron chi connectivity index (χ4n) is 2.77. The third-order valence-corrected chi connectivity index (χ3v) is 5.46. The Bertz CT molecular complexity index is 789. The molecule has 0 saturated heterocycles. The molecule has 0 bridgehead atoms. The van der Waals surface area contributed by atoms with E-state index in [1.54, 1.807) is 30.9 Å². The number of carbonyl (C=O) groups excluding carboxylic acids is 2. The van der Waals surface area contributed by atoms with Crippen LogP contribution in [0.5, 0.6) is 0 Å². The Morgan fingerprint density at radius 2 is 1.89 bits per heavy atom. The summed E-state index contributed by atoms with van der Waals surface area (Å²) in [5.74, 6) is -0.748. The number of hydrogen-bond donors (Lipinski definition) is 0. The van der Waals surface area contributed by atoms with Gasteiger partial charge in [-0.1, -0.05) is 43.2 Å². The van der Waals surface area contributed by atoms with Crippen molar-refractivity contribution in [3.05, 3.63) is 46.2 Å². The molecular weight excluding hydrogens is 379 g/mol. The second-order valence-corrected chi connectivity index (χ2v) is 7.49. The Morgan fingerprint density at radius 1 is 1.18 bits per heavy atom. The molecule has 2 aromatic rings. The molecule has 0 aliphatic rings. The maximum absolute atomic E-state index is 13.0. The average Bonchev–Trinajstić information content (AvgIpc) is 3.06. The van der Waals surface area contributed by atoms with Gasteiger partial charge in [0.2, 0.25) is 5.91 Å². The maximum atomic E-state index is 13.0. The Hall–Kier alpha value is -2.28.